The molecule has 1 aromatic carbocycles. The fourth-order valence-corrected chi connectivity index (χ4v) is 0.965. The molecule has 0 radical (unpaired) electrons. The van der Waals surface area contributed by atoms with Gasteiger partial charge >= 0.3 is 6.16 Å². The topological polar surface area (TPSA) is 59.3 Å². The van der Waals surface area contributed by atoms with Crippen LogP contribution in [-0.2, 0) is 4.74 Å². The third-order valence-corrected chi connectivity index (χ3v) is 1.57. The summed E-state index contributed by atoms with van der Waals surface area (Å²) in [7, 11) is 0. The van der Waals surface area contributed by atoms with Gasteiger partial charge in [0.15, 0.2) is 0 Å². The predicted octanol–water partition coefficient (Wildman–Crippen LogP) is 2.87. The van der Waals surface area contributed by atoms with Gasteiger partial charge in [0.2, 0.25) is 0 Å². The van der Waals surface area contributed by atoms with Crippen LogP contribution in [0.3, 0.4) is 0 Å². The Morgan fingerprint density at radius 1 is 1.25 bits per heavy atom. The molecule has 0 saturated heterocycles. The second kappa shape index (κ2) is 4.67. The minimum Gasteiger partial charge on any atom is -0.428 e. The molecule has 0 atom stereocenters. The number of carbonyl (C=O) groups excluding carboxylic acids is 1. The molecule has 0 heterocycles. The Kier molecular flexibility index (Phi) is 3.51. The highest BCUT2D eigenvalue weighted by molar-refractivity contribution is 5.64. The number of rotatable bonds is 1. The maximum atomic E-state index is 11.3. The molecule has 0 N–H and O–H groups in total. The van der Waals surface area contributed by atoms with Gasteiger partial charge in [-0.3, -0.25) is 0 Å². The van der Waals surface area contributed by atoms with E-state index in [0.29, 0.717) is 11.3 Å². The van der Waals surface area contributed by atoms with E-state index in [4.69, 9.17) is 14.7 Å². The van der Waals surface area contributed by atoms with Crippen LogP contribution in [0.2, 0.25) is 0 Å². The molecule has 16 heavy (non-hydrogen) atoms. The summed E-state index contributed by atoms with van der Waals surface area (Å²) in [4.78, 5) is 11.3. The molecule has 4 heteroatoms. The first-order valence-electron chi connectivity index (χ1n) is 4.82. The van der Waals surface area contributed by atoms with Gasteiger partial charge in [-0.15, -0.1) is 0 Å². The number of ether oxygens (including phenoxy) is 2. The van der Waals surface area contributed by atoms with Crippen LogP contribution in [0.4, 0.5) is 4.79 Å². The number of nitrogens with zero attached hydrogens (tertiary/aromatic N) is 1. The van der Waals surface area contributed by atoms with Crippen molar-refractivity contribution in [2.24, 2.45) is 0 Å². The molecule has 0 bridgehead atoms. The molecular formula is C12H13NO3. The zero-order chi connectivity index (χ0) is 12.2. The summed E-state index contributed by atoms with van der Waals surface area (Å²) in [5, 5.41) is 8.58. The van der Waals surface area contributed by atoms with Crippen molar-refractivity contribution >= 4 is 6.16 Å². The third kappa shape index (κ3) is 4.01. The minimum atomic E-state index is -0.753. The standard InChI is InChI=1S/C12H13NO3/c1-12(2,3)16-11(14)15-10-6-4-9(8-13)5-7-10/h4-7H,1-3H3. The van der Waals surface area contributed by atoms with E-state index in [-0.39, 0.29) is 0 Å². The van der Waals surface area contributed by atoms with Gasteiger partial charge in [0.1, 0.15) is 11.4 Å². The molecule has 4 nitrogen and oxygen atoms in total. The van der Waals surface area contributed by atoms with Crippen molar-refractivity contribution in [2.45, 2.75) is 26.4 Å². The number of carbonyl (C=O) groups is 1. The molecule has 1 aromatic rings. The number of hydrogen-bond acceptors (Lipinski definition) is 4. The average molecular weight is 219 g/mol. The first kappa shape index (κ1) is 12.1. The fourth-order valence-electron chi connectivity index (χ4n) is 0.965. The molecule has 0 fully saturated rings. The van der Waals surface area contributed by atoms with Crippen LogP contribution in [0.5, 0.6) is 5.75 Å². The highest BCUT2D eigenvalue weighted by Gasteiger charge is 2.17. The van der Waals surface area contributed by atoms with Crippen molar-refractivity contribution in [3.8, 4) is 11.8 Å². The minimum absolute atomic E-state index is 0.355. The Labute approximate surface area is 94.4 Å². The smallest absolute Gasteiger partial charge is 0.428 e. The molecule has 0 aliphatic heterocycles. The fraction of sp³-hybridized carbons (Fsp3) is 0.333. The molecule has 0 unspecified atom stereocenters. The van der Waals surface area contributed by atoms with Gasteiger partial charge in [0.25, 0.3) is 0 Å². The molecular weight excluding hydrogens is 206 g/mol. The monoisotopic (exact) mass is 219 g/mol. The second-order valence-electron chi connectivity index (χ2n) is 4.20. The van der Waals surface area contributed by atoms with E-state index < -0.39 is 11.8 Å². The Hall–Kier alpha value is -2.02. The van der Waals surface area contributed by atoms with Crippen molar-refractivity contribution in [2.75, 3.05) is 0 Å². The lowest BCUT2D eigenvalue weighted by Gasteiger charge is -2.18. The van der Waals surface area contributed by atoms with Gasteiger partial charge in [-0.1, -0.05) is 0 Å². The Morgan fingerprint density at radius 3 is 2.25 bits per heavy atom. The van der Waals surface area contributed by atoms with Crippen molar-refractivity contribution < 1.29 is 14.3 Å². The van der Waals surface area contributed by atoms with Gasteiger partial charge in [-0.25, -0.2) is 4.79 Å². The molecule has 0 amide bonds. The van der Waals surface area contributed by atoms with E-state index in [9.17, 15) is 4.79 Å². The largest absolute Gasteiger partial charge is 0.514 e. The van der Waals surface area contributed by atoms with E-state index in [1.54, 1.807) is 45.0 Å². The van der Waals surface area contributed by atoms with Crippen molar-refractivity contribution in [1.29, 1.82) is 5.26 Å². The lowest BCUT2D eigenvalue weighted by molar-refractivity contribution is 0.0206. The summed E-state index contributed by atoms with van der Waals surface area (Å²) < 4.78 is 9.89. The van der Waals surface area contributed by atoms with Gasteiger partial charge in [-0.05, 0) is 45.0 Å². The van der Waals surface area contributed by atoms with Crippen molar-refractivity contribution in [3.05, 3.63) is 29.8 Å². The van der Waals surface area contributed by atoms with E-state index in [1.165, 1.54) is 0 Å². The molecule has 1 rings (SSSR count). The second-order valence-corrected chi connectivity index (χ2v) is 4.20. The Morgan fingerprint density at radius 2 is 1.81 bits per heavy atom. The summed E-state index contributed by atoms with van der Waals surface area (Å²) in [6.45, 7) is 5.27. The highest BCUT2D eigenvalue weighted by atomic mass is 16.7. The summed E-state index contributed by atoms with van der Waals surface area (Å²) in [5.41, 5.74) is -0.0690. The van der Waals surface area contributed by atoms with Gasteiger partial charge < -0.3 is 9.47 Å². The van der Waals surface area contributed by atoms with E-state index in [2.05, 4.69) is 0 Å². The first-order chi connectivity index (χ1) is 7.40. The third-order valence-electron chi connectivity index (χ3n) is 1.57. The quantitative estimate of drug-likeness (QED) is 0.538. The zero-order valence-corrected chi connectivity index (χ0v) is 9.48. The SMILES string of the molecule is CC(C)(C)OC(=O)Oc1ccc(C#N)cc1. The maximum absolute atomic E-state index is 11.3. The molecule has 84 valence electrons. The normalized spacial score (nSPS) is 10.4. The first-order valence-corrected chi connectivity index (χ1v) is 4.82. The Balaban J connectivity index is 2.61. The summed E-state index contributed by atoms with van der Waals surface area (Å²) in [6.07, 6.45) is -0.753. The van der Waals surface area contributed by atoms with Gasteiger partial charge in [-0.2, -0.15) is 5.26 Å². The molecule has 0 aromatic heterocycles. The lowest BCUT2D eigenvalue weighted by atomic mass is 10.2. The molecule has 0 saturated carbocycles. The predicted molar refractivity (Wildman–Crippen MR) is 58.0 cm³/mol. The average Bonchev–Trinajstić information content (AvgIpc) is 2.16. The highest BCUT2D eigenvalue weighted by Crippen LogP contribution is 2.14. The summed E-state index contributed by atoms with van der Waals surface area (Å²) in [5.74, 6) is 0.355. The number of nitriles is 1. The molecule has 0 aliphatic rings. The number of benzene rings is 1. The van der Waals surface area contributed by atoms with E-state index in [1.807, 2.05) is 6.07 Å². The summed E-state index contributed by atoms with van der Waals surface area (Å²) in [6, 6.07) is 8.20. The van der Waals surface area contributed by atoms with Crippen LogP contribution in [0.25, 0.3) is 0 Å². The van der Waals surface area contributed by atoms with Crippen LogP contribution in [0.15, 0.2) is 24.3 Å². The van der Waals surface area contributed by atoms with E-state index >= 15 is 0 Å². The van der Waals surface area contributed by atoms with Gasteiger partial charge in [0.05, 0.1) is 11.6 Å². The maximum Gasteiger partial charge on any atom is 0.514 e. The van der Waals surface area contributed by atoms with Crippen LogP contribution in [0.1, 0.15) is 26.3 Å². The van der Waals surface area contributed by atoms with Crippen LogP contribution in [-0.4, -0.2) is 11.8 Å². The molecule has 0 spiro atoms. The zero-order valence-electron chi connectivity index (χ0n) is 9.48. The van der Waals surface area contributed by atoms with Crippen LogP contribution in [0, 0.1) is 11.3 Å². The van der Waals surface area contributed by atoms with Gasteiger partial charge in [0, 0.05) is 0 Å². The summed E-state index contributed by atoms with van der Waals surface area (Å²) >= 11 is 0. The van der Waals surface area contributed by atoms with E-state index in [0.717, 1.165) is 0 Å². The molecule has 0 aliphatic carbocycles. The van der Waals surface area contributed by atoms with Crippen molar-refractivity contribution in [3.63, 3.8) is 0 Å². The number of hydrogen-bond donors (Lipinski definition) is 0. The Bertz CT molecular complexity index is 409. The van der Waals surface area contributed by atoms with Crippen LogP contribution < -0.4 is 4.74 Å². The lowest BCUT2D eigenvalue weighted by Crippen LogP contribution is -2.25. The van der Waals surface area contributed by atoms with Crippen LogP contribution >= 0.6 is 0 Å². The van der Waals surface area contributed by atoms with Crippen molar-refractivity contribution in [1.82, 2.24) is 0 Å².